The van der Waals surface area contributed by atoms with Crippen LogP contribution in [-0.2, 0) is 4.74 Å². The van der Waals surface area contributed by atoms with Crippen LogP contribution in [0.15, 0.2) is 12.2 Å². The van der Waals surface area contributed by atoms with E-state index in [2.05, 4.69) is 24.8 Å². The van der Waals surface area contributed by atoms with Crippen molar-refractivity contribution in [2.24, 2.45) is 5.92 Å². The normalized spacial score (nSPS) is 47.9. The highest BCUT2D eigenvalue weighted by atomic mass is 32.1. The monoisotopic (exact) mass is 142 g/mol. The van der Waals surface area contributed by atoms with Crippen molar-refractivity contribution in [3.63, 3.8) is 0 Å². The summed E-state index contributed by atoms with van der Waals surface area (Å²) in [6, 6.07) is 0. The molecule has 0 amide bonds. The van der Waals surface area contributed by atoms with Gasteiger partial charge in [-0.3, -0.25) is 0 Å². The Morgan fingerprint density at radius 2 is 2.22 bits per heavy atom. The fraction of sp³-hybridized carbons (Fsp3) is 0.714. The first-order chi connectivity index (χ1) is 4.36. The Kier molecular flexibility index (Phi) is 1.31. The van der Waals surface area contributed by atoms with Crippen molar-refractivity contribution in [2.45, 2.75) is 24.4 Å². The second-order valence-corrected chi connectivity index (χ2v) is 3.20. The summed E-state index contributed by atoms with van der Waals surface area (Å²) in [5, 5.41) is 0. The molecule has 1 fully saturated rings. The summed E-state index contributed by atoms with van der Waals surface area (Å²) >= 11 is 4.29. The molecule has 0 aromatic heterocycles. The summed E-state index contributed by atoms with van der Waals surface area (Å²) in [6.45, 7) is 0. The van der Waals surface area contributed by atoms with E-state index in [1.54, 1.807) is 0 Å². The van der Waals surface area contributed by atoms with Crippen LogP contribution in [0.4, 0.5) is 0 Å². The predicted octanol–water partition coefficient (Wildman–Crippen LogP) is 1.61. The summed E-state index contributed by atoms with van der Waals surface area (Å²) in [7, 11) is 0. The minimum absolute atomic E-state index is 0.175. The van der Waals surface area contributed by atoms with Crippen LogP contribution in [0.3, 0.4) is 0 Å². The van der Waals surface area contributed by atoms with E-state index in [9.17, 15) is 0 Å². The maximum absolute atomic E-state index is 5.46. The van der Waals surface area contributed by atoms with Gasteiger partial charge in [-0.15, -0.1) is 12.6 Å². The number of hydrogen-bond acceptors (Lipinski definition) is 2. The van der Waals surface area contributed by atoms with Crippen molar-refractivity contribution in [3.8, 4) is 0 Å². The zero-order valence-corrected chi connectivity index (χ0v) is 6.05. The average Bonchev–Trinajstić information content (AvgIpc) is 1.90. The molecule has 0 radical (unpaired) electrons. The Bertz CT molecular complexity index is 144. The van der Waals surface area contributed by atoms with Crippen LogP contribution >= 0.6 is 12.6 Å². The first-order valence-electron chi connectivity index (χ1n) is 3.38. The zero-order valence-electron chi connectivity index (χ0n) is 5.16. The summed E-state index contributed by atoms with van der Waals surface area (Å²) in [5.41, 5.74) is 0.175. The van der Waals surface area contributed by atoms with E-state index in [1.807, 2.05) is 0 Å². The van der Waals surface area contributed by atoms with E-state index < -0.39 is 0 Å². The highest BCUT2D eigenvalue weighted by molar-refractivity contribution is 7.80. The smallest absolute Gasteiger partial charge is 0.107 e. The molecule has 0 aromatic rings. The van der Waals surface area contributed by atoms with Gasteiger partial charge in [-0.2, -0.15) is 0 Å². The first-order valence-corrected chi connectivity index (χ1v) is 3.90. The van der Waals surface area contributed by atoms with E-state index in [0.29, 0.717) is 12.0 Å². The van der Waals surface area contributed by atoms with Gasteiger partial charge in [0.2, 0.25) is 0 Å². The maximum atomic E-state index is 5.46. The lowest BCUT2D eigenvalue weighted by Crippen LogP contribution is -2.33. The summed E-state index contributed by atoms with van der Waals surface area (Å²) in [6.07, 6.45) is 7.21. The van der Waals surface area contributed by atoms with Crippen molar-refractivity contribution in [3.05, 3.63) is 12.2 Å². The van der Waals surface area contributed by atoms with Gasteiger partial charge in [-0.25, -0.2) is 0 Å². The van der Waals surface area contributed by atoms with Crippen molar-refractivity contribution in [1.29, 1.82) is 0 Å². The van der Waals surface area contributed by atoms with Crippen molar-refractivity contribution in [2.75, 3.05) is 0 Å². The van der Waals surface area contributed by atoms with Crippen LogP contribution < -0.4 is 0 Å². The Morgan fingerprint density at radius 1 is 1.33 bits per heavy atom. The van der Waals surface area contributed by atoms with Crippen LogP contribution in [0.25, 0.3) is 0 Å². The van der Waals surface area contributed by atoms with Crippen LogP contribution in [-0.4, -0.2) is 11.5 Å². The molecule has 9 heavy (non-hydrogen) atoms. The molecule has 0 spiro atoms. The van der Waals surface area contributed by atoms with Crippen LogP contribution in [0, 0.1) is 5.92 Å². The van der Waals surface area contributed by atoms with Crippen molar-refractivity contribution < 1.29 is 4.74 Å². The quantitative estimate of drug-likeness (QED) is 0.399. The molecular weight excluding hydrogens is 132 g/mol. The third kappa shape index (κ3) is 0.904. The third-order valence-corrected chi connectivity index (χ3v) is 2.54. The fourth-order valence-electron chi connectivity index (χ4n) is 1.45. The Hall–Kier alpha value is 0.0500. The minimum Gasteiger partial charge on any atom is -0.360 e. The number of hydrogen-bond donors (Lipinski definition) is 1. The Balaban J connectivity index is 2.20. The minimum atomic E-state index is 0.175. The topological polar surface area (TPSA) is 9.23 Å². The molecule has 1 saturated heterocycles. The highest BCUT2D eigenvalue weighted by Gasteiger charge is 2.29. The molecule has 3 atom stereocenters. The van der Waals surface area contributed by atoms with Crippen molar-refractivity contribution in [1.82, 2.24) is 0 Å². The van der Waals surface area contributed by atoms with Gasteiger partial charge in [0.1, 0.15) is 5.44 Å². The van der Waals surface area contributed by atoms with Crippen LogP contribution in [0.1, 0.15) is 12.8 Å². The molecular formula is C7H10OS. The van der Waals surface area contributed by atoms with E-state index in [0.717, 1.165) is 0 Å². The molecule has 50 valence electrons. The number of thiol groups is 1. The second-order valence-electron chi connectivity index (χ2n) is 2.69. The van der Waals surface area contributed by atoms with Crippen LogP contribution in [0.2, 0.25) is 0 Å². The lowest BCUT2D eigenvalue weighted by molar-refractivity contribution is -0.00925. The predicted molar refractivity (Wildman–Crippen MR) is 39.5 cm³/mol. The van der Waals surface area contributed by atoms with Crippen LogP contribution in [0.5, 0.6) is 0 Å². The molecule has 1 aliphatic carbocycles. The zero-order chi connectivity index (χ0) is 6.27. The van der Waals surface area contributed by atoms with Gasteiger partial charge < -0.3 is 4.74 Å². The van der Waals surface area contributed by atoms with Gasteiger partial charge >= 0.3 is 0 Å². The van der Waals surface area contributed by atoms with E-state index >= 15 is 0 Å². The van der Waals surface area contributed by atoms with Gasteiger partial charge in [0, 0.05) is 5.92 Å². The summed E-state index contributed by atoms with van der Waals surface area (Å²) in [4.78, 5) is 0. The standard InChI is InChI=1S/C7H10OS/c9-7-5-1-3-6(8-7)4-2-5/h1,3,5-7,9H,2,4H2. The molecule has 3 rings (SSSR count). The molecule has 2 bridgehead atoms. The first kappa shape index (κ1) is 5.81. The number of ether oxygens (including phenoxy) is 1. The van der Waals surface area contributed by atoms with E-state index in [4.69, 9.17) is 4.74 Å². The van der Waals surface area contributed by atoms with Gasteiger partial charge in [0.05, 0.1) is 6.10 Å². The molecule has 0 aromatic carbocycles. The number of rotatable bonds is 0. The van der Waals surface area contributed by atoms with E-state index in [-0.39, 0.29) is 5.44 Å². The largest absolute Gasteiger partial charge is 0.360 e. The second kappa shape index (κ2) is 2.03. The molecule has 1 nitrogen and oxygen atoms in total. The highest BCUT2D eigenvalue weighted by Crippen LogP contribution is 2.33. The van der Waals surface area contributed by atoms with Gasteiger partial charge in [-0.05, 0) is 12.8 Å². The Labute approximate surface area is 60.5 Å². The molecule has 2 aliphatic heterocycles. The molecule has 2 heteroatoms. The van der Waals surface area contributed by atoms with E-state index in [1.165, 1.54) is 12.8 Å². The SMILES string of the molecule is SC1OC2C=CC1CC2. The average molecular weight is 142 g/mol. The lowest BCUT2D eigenvalue weighted by Gasteiger charge is -2.35. The maximum Gasteiger partial charge on any atom is 0.107 e. The summed E-state index contributed by atoms with van der Waals surface area (Å²) < 4.78 is 5.46. The third-order valence-electron chi connectivity index (χ3n) is 2.04. The molecule has 3 aliphatic rings. The van der Waals surface area contributed by atoms with Gasteiger partial charge in [0.25, 0.3) is 0 Å². The molecule has 0 N–H and O–H groups in total. The van der Waals surface area contributed by atoms with Gasteiger partial charge in [0.15, 0.2) is 0 Å². The fourth-order valence-corrected chi connectivity index (χ4v) is 1.85. The Morgan fingerprint density at radius 3 is 2.44 bits per heavy atom. The molecule has 2 heterocycles. The lowest BCUT2D eigenvalue weighted by atomic mass is 9.91. The number of fused-ring (bicyclic) bond motifs is 2. The molecule has 0 saturated carbocycles. The van der Waals surface area contributed by atoms with Gasteiger partial charge in [-0.1, -0.05) is 12.2 Å². The van der Waals surface area contributed by atoms with Crippen molar-refractivity contribution >= 4 is 12.6 Å². The summed E-state index contributed by atoms with van der Waals surface area (Å²) in [5.74, 6) is 0.582. The molecule has 3 unspecified atom stereocenters.